The molecule has 0 aromatic heterocycles. The molecule has 0 aromatic rings. The molecule has 0 atom stereocenters. The molecule has 0 unspecified atom stereocenters. The number of nitrogens with zero attached hydrogens (tertiary/aromatic N) is 2. The maximum absolute atomic E-state index is 2.43. The van der Waals surface area contributed by atoms with Crippen molar-refractivity contribution in [3.8, 4) is 0 Å². The molecule has 1 fully saturated rings. The van der Waals surface area contributed by atoms with Crippen LogP contribution >= 0.6 is 0 Å². The van der Waals surface area contributed by atoms with Crippen molar-refractivity contribution in [1.82, 2.24) is 4.90 Å². The van der Waals surface area contributed by atoms with Gasteiger partial charge in [0.2, 0.25) is 0 Å². The second kappa shape index (κ2) is 3.87. The summed E-state index contributed by atoms with van der Waals surface area (Å²) >= 11 is 0. The predicted molar refractivity (Wildman–Crippen MR) is 59.9 cm³/mol. The van der Waals surface area contributed by atoms with Crippen LogP contribution in [0.1, 0.15) is 12.8 Å². The van der Waals surface area contributed by atoms with E-state index in [1.54, 1.807) is 5.70 Å². The van der Waals surface area contributed by atoms with E-state index < -0.39 is 0 Å². The van der Waals surface area contributed by atoms with E-state index in [2.05, 4.69) is 37.2 Å². The van der Waals surface area contributed by atoms with E-state index in [0.29, 0.717) is 0 Å². The first-order valence-electron chi connectivity index (χ1n) is 5.60. The molecular weight excluding hydrogens is 172 g/mol. The monoisotopic (exact) mass is 193 g/mol. The Morgan fingerprint density at radius 1 is 1.29 bits per heavy atom. The third-order valence-corrected chi connectivity index (χ3v) is 3.64. The topological polar surface area (TPSA) is 3.24 Å². The van der Waals surface area contributed by atoms with Gasteiger partial charge in [-0.2, -0.15) is 0 Å². The Balaban J connectivity index is 2.08. The zero-order valence-electron chi connectivity index (χ0n) is 9.37. The molecule has 0 amide bonds. The molecule has 14 heavy (non-hydrogen) atoms. The van der Waals surface area contributed by atoms with Crippen LogP contribution in [0.15, 0.2) is 23.9 Å². The Morgan fingerprint density at radius 2 is 2.00 bits per heavy atom. The van der Waals surface area contributed by atoms with Crippen molar-refractivity contribution in [3.63, 3.8) is 0 Å². The van der Waals surface area contributed by atoms with Gasteiger partial charge < -0.3 is 0 Å². The summed E-state index contributed by atoms with van der Waals surface area (Å²) in [7, 11) is 4.61. The van der Waals surface area contributed by atoms with Gasteiger partial charge in [0, 0.05) is 19.5 Å². The molecule has 1 heterocycles. The summed E-state index contributed by atoms with van der Waals surface area (Å²) < 4.78 is 1.18. The quantitative estimate of drug-likeness (QED) is 0.572. The molecule has 78 valence electrons. The second-order valence-electron chi connectivity index (χ2n) is 4.77. The molecule has 2 rings (SSSR count). The Labute approximate surface area is 87.1 Å². The van der Waals surface area contributed by atoms with Crippen LogP contribution in [0, 0.1) is 0 Å². The minimum absolute atomic E-state index is 1.18. The zero-order valence-corrected chi connectivity index (χ0v) is 9.37. The van der Waals surface area contributed by atoms with Crippen molar-refractivity contribution in [3.05, 3.63) is 23.9 Å². The maximum Gasteiger partial charge on any atom is 0.109 e. The largest absolute Gasteiger partial charge is 0.295 e. The van der Waals surface area contributed by atoms with E-state index in [9.17, 15) is 0 Å². The smallest absolute Gasteiger partial charge is 0.109 e. The summed E-state index contributed by atoms with van der Waals surface area (Å²) in [4.78, 5) is 2.43. The minimum atomic E-state index is 1.18. The molecule has 1 saturated heterocycles. The summed E-state index contributed by atoms with van der Waals surface area (Å²) in [5.41, 5.74) is 1.63. The zero-order chi connectivity index (χ0) is 10.0. The summed E-state index contributed by atoms with van der Waals surface area (Å²) in [6.45, 7) is 5.02. The fraction of sp³-hybridized carbons (Fsp3) is 0.667. The predicted octanol–water partition coefficient (Wildman–Crippen LogP) is 1.61. The summed E-state index contributed by atoms with van der Waals surface area (Å²) in [5.74, 6) is 0. The van der Waals surface area contributed by atoms with Crippen LogP contribution < -0.4 is 0 Å². The highest BCUT2D eigenvalue weighted by molar-refractivity contribution is 5.13. The average molecular weight is 193 g/mol. The molecule has 1 aliphatic heterocycles. The van der Waals surface area contributed by atoms with E-state index in [-0.39, 0.29) is 0 Å². The maximum atomic E-state index is 2.43. The molecule has 0 radical (unpaired) electrons. The van der Waals surface area contributed by atoms with Crippen molar-refractivity contribution in [2.24, 2.45) is 0 Å². The molecule has 0 bridgehead atoms. The lowest BCUT2D eigenvalue weighted by atomic mass is 10.1. The number of rotatable bonds is 1. The van der Waals surface area contributed by atoms with Gasteiger partial charge in [0.15, 0.2) is 0 Å². The van der Waals surface area contributed by atoms with Crippen LogP contribution in [0.4, 0.5) is 0 Å². The van der Waals surface area contributed by atoms with E-state index >= 15 is 0 Å². The Bertz CT molecular complexity index is 257. The average Bonchev–Trinajstić information content (AvgIpc) is 2.24. The van der Waals surface area contributed by atoms with Gasteiger partial charge in [-0.3, -0.25) is 9.38 Å². The van der Waals surface area contributed by atoms with Crippen molar-refractivity contribution in [1.29, 1.82) is 0 Å². The fourth-order valence-electron chi connectivity index (χ4n) is 2.33. The van der Waals surface area contributed by atoms with Gasteiger partial charge >= 0.3 is 0 Å². The molecule has 0 aromatic carbocycles. The molecule has 2 heteroatoms. The fourth-order valence-corrected chi connectivity index (χ4v) is 2.33. The lowest BCUT2D eigenvalue weighted by Crippen LogP contribution is -2.55. The molecule has 0 spiro atoms. The Kier molecular flexibility index (Phi) is 2.75. The first-order chi connectivity index (χ1) is 6.71. The lowest BCUT2D eigenvalue weighted by molar-refractivity contribution is -0.878. The lowest BCUT2D eigenvalue weighted by Gasteiger charge is -2.42. The van der Waals surface area contributed by atoms with Crippen LogP contribution in [0.25, 0.3) is 0 Å². The summed E-state index contributed by atoms with van der Waals surface area (Å²) in [6, 6.07) is 0. The van der Waals surface area contributed by atoms with Gasteiger partial charge in [-0.15, -0.1) is 0 Å². The van der Waals surface area contributed by atoms with Crippen molar-refractivity contribution < 1.29 is 4.48 Å². The molecule has 0 N–H and O–H groups in total. The van der Waals surface area contributed by atoms with Crippen LogP contribution in [-0.2, 0) is 0 Å². The molecular formula is C12H21N2+. The first-order valence-corrected chi connectivity index (χ1v) is 5.60. The number of likely N-dealkylation sites (N-methyl/N-ethyl adjacent to an activating group) is 2. The van der Waals surface area contributed by atoms with Crippen molar-refractivity contribution >= 4 is 0 Å². The van der Waals surface area contributed by atoms with Crippen LogP contribution in [0.2, 0.25) is 0 Å². The first kappa shape index (κ1) is 9.94. The highest BCUT2D eigenvalue weighted by atomic mass is 15.4. The highest BCUT2D eigenvalue weighted by Crippen LogP contribution is 2.24. The van der Waals surface area contributed by atoms with Gasteiger partial charge in [-0.25, -0.2) is 0 Å². The van der Waals surface area contributed by atoms with Crippen LogP contribution in [-0.4, -0.2) is 49.7 Å². The van der Waals surface area contributed by atoms with Crippen molar-refractivity contribution in [2.75, 3.05) is 40.3 Å². The van der Waals surface area contributed by atoms with Crippen LogP contribution in [0.3, 0.4) is 0 Å². The van der Waals surface area contributed by atoms with E-state index in [1.807, 2.05) is 0 Å². The molecule has 1 aliphatic carbocycles. The molecule has 0 saturated carbocycles. The number of hydrogen-bond donors (Lipinski definition) is 0. The van der Waals surface area contributed by atoms with Crippen molar-refractivity contribution in [2.45, 2.75) is 12.8 Å². The highest BCUT2D eigenvalue weighted by Gasteiger charge is 2.31. The minimum Gasteiger partial charge on any atom is -0.295 e. The van der Waals surface area contributed by atoms with E-state index in [1.165, 1.54) is 43.5 Å². The number of quaternary nitrogens is 1. The SMILES string of the molecule is CN1CC[N+](C)(C2=CC=CCC2)CC1. The summed E-state index contributed by atoms with van der Waals surface area (Å²) in [6.07, 6.45) is 9.31. The standard InChI is InChI=1S/C12H21N2/c1-13-8-10-14(2,11-9-13)12-6-4-3-5-7-12/h3-4,6H,5,7-11H2,1-2H3/q+1. The number of piperazine rings is 1. The normalized spacial score (nSPS) is 27.4. The Hall–Kier alpha value is -0.600. The number of hydrogen-bond acceptors (Lipinski definition) is 1. The second-order valence-corrected chi connectivity index (χ2v) is 4.77. The third-order valence-electron chi connectivity index (χ3n) is 3.64. The van der Waals surface area contributed by atoms with Gasteiger partial charge in [0.1, 0.15) is 5.70 Å². The Morgan fingerprint density at radius 3 is 2.57 bits per heavy atom. The molecule has 2 aliphatic rings. The van der Waals surface area contributed by atoms with Gasteiger partial charge in [0.25, 0.3) is 0 Å². The van der Waals surface area contributed by atoms with Gasteiger partial charge in [0.05, 0.1) is 20.1 Å². The van der Waals surface area contributed by atoms with E-state index in [4.69, 9.17) is 0 Å². The van der Waals surface area contributed by atoms with Gasteiger partial charge in [-0.05, 0) is 19.5 Å². The van der Waals surface area contributed by atoms with Crippen LogP contribution in [0.5, 0.6) is 0 Å². The van der Waals surface area contributed by atoms with Gasteiger partial charge in [-0.1, -0.05) is 12.2 Å². The molecule has 2 nitrogen and oxygen atoms in total. The third kappa shape index (κ3) is 1.91. The van der Waals surface area contributed by atoms with E-state index in [0.717, 1.165) is 0 Å². The number of allylic oxidation sites excluding steroid dienone is 4. The summed E-state index contributed by atoms with van der Waals surface area (Å²) in [5, 5.41) is 0.